The topological polar surface area (TPSA) is 112 Å². The van der Waals surface area contributed by atoms with Crippen LogP contribution in [-0.2, 0) is 0 Å². The SMILES string of the molecule is COc1cc(OC)c(Cl)c(-c2cnc3nc(Nc4c(C)cccc4[N+](=O)[O-])ncc3c2)c1Cl. The number of nitro benzene ring substituents is 1. The maximum absolute atomic E-state index is 11.4. The summed E-state index contributed by atoms with van der Waals surface area (Å²) in [7, 11) is 3.00. The van der Waals surface area contributed by atoms with E-state index in [-0.39, 0.29) is 11.6 Å². The number of nitrogens with zero attached hydrogens (tertiary/aromatic N) is 4. The molecule has 0 aliphatic heterocycles. The number of aryl methyl sites for hydroxylation is 1. The van der Waals surface area contributed by atoms with Gasteiger partial charge in [-0.2, -0.15) is 4.98 Å². The number of anilines is 2. The molecule has 168 valence electrons. The van der Waals surface area contributed by atoms with Crippen LogP contribution in [0.3, 0.4) is 0 Å². The number of ether oxygens (including phenoxy) is 2. The van der Waals surface area contributed by atoms with Gasteiger partial charge in [-0.25, -0.2) is 9.97 Å². The van der Waals surface area contributed by atoms with Gasteiger partial charge in [0.15, 0.2) is 5.65 Å². The van der Waals surface area contributed by atoms with Crippen molar-refractivity contribution in [2.45, 2.75) is 6.92 Å². The Morgan fingerprint density at radius 1 is 1.03 bits per heavy atom. The normalized spacial score (nSPS) is 10.8. The van der Waals surface area contributed by atoms with Gasteiger partial charge in [0.05, 0.1) is 29.2 Å². The third-order valence-corrected chi connectivity index (χ3v) is 5.73. The maximum atomic E-state index is 11.4. The summed E-state index contributed by atoms with van der Waals surface area (Å²) in [6, 6.07) is 8.18. The molecule has 0 atom stereocenters. The number of pyridine rings is 1. The highest BCUT2D eigenvalue weighted by Crippen LogP contribution is 2.46. The van der Waals surface area contributed by atoms with Crippen molar-refractivity contribution in [1.29, 1.82) is 0 Å². The molecule has 1 N–H and O–H groups in total. The molecule has 0 saturated heterocycles. The van der Waals surface area contributed by atoms with Gasteiger partial charge in [0.25, 0.3) is 5.69 Å². The van der Waals surface area contributed by atoms with E-state index in [1.165, 1.54) is 20.3 Å². The molecule has 33 heavy (non-hydrogen) atoms. The zero-order valence-corrected chi connectivity index (χ0v) is 19.2. The molecule has 0 amide bonds. The van der Waals surface area contributed by atoms with Crippen LogP contribution >= 0.6 is 23.2 Å². The Morgan fingerprint density at radius 3 is 2.36 bits per heavy atom. The molecule has 0 aliphatic carbocycles. The molecule has 4 rings (SSSR count). The van der Waals surface area contributed by atoms with Crippen molar-refractivity contribution in [1.82, 2.24) is 15.0 Å². The fourth-order valence-corrected chi connectivity index (χ4v) is 4.06. The molecule has 0 spiro atoms. The molecule has 0 fully saturated rings. The Kier molecular flexibility index (Phi) is 6.17. The van der Waals surface area contributed by atoms with E-state index in [1.807, 2.05) is 0 Å². The van der Waals surface area contributed by atoms with Crippen LogP contribution in [0.1, 0.15) is 5.56 Å². The summed E-state index contributed by atoms with van der Waals surface area (Å²) in [5, 5.41) is 15.5. The predicted molar refractivity (Wildman–Crippen MR) is 127 cm³/mol. The number of fused-ring (bicyclic) bond motifs is 1. The second-order valence-electron chi connectivity index (χ2n) is 6.97. The summed E-state index contributed by atoms with van der Waals surface area (Å²) in [6.07, 6.45) is 3.13. The van der Waals surface area contributed by atoms with Crippen molar-refractivity contribution in [2.24, 2.45) is 0 Å². The van der Waals surface area contributed by atoms with E-state index < -0.39 is 4.92 Å². The average molecular weight is 486 g/mol. The molecule has 2 aromatic carbocycles. The summed E-state index contributed by atoms with van der Waals surface area (Å²) in [5.41, 5.74) is 2.44. The first-order valence-corrected chi connectivity index (χ1v) is 10.3. The quantitative estimate of drug-likeness (QED) is 0.262. The summed E-state index contributed by atoms with van der Waals surface area (Å²) in [4.78, 5) is 24.0. The number of benzene rings is 2. The Morgan fingerprint density at radius 2 is 1.73 bits per heavy atom. The highest BCUT2D eigenvalue weighted by atomic mass is 35.5. The number of para-hydroxylation sites is 1. The van der Waals surface area contributed by atoms with Crippen LogP contribution in [0, 0.1) is 17.0 Å². The van der Waals surface area contributed by atoms with Crippen LogP contribution in [-0.4, -0.2) is 34.1 Å². The lowest BCUT2D eigenvalue weighted by atomic mass is 10.1. The van der Waals surface area contributed by atoms with Crippen LogP contribution in [0.2, 0.25) is 10.0 Å². The highest BCUT2D eigenvalue weighted by Gasteiger charge is 2.20. The second-order valence-corrected chi connectivity index (χ2v) is 7.72. The van der Waals surface area contributed by atoms with Gasteiger partial charge in [-0.05, 0) is 18.6 Å². The molecule has 9 nitrogen and oxygen atoms in total. The monoisotopic (exact) mass is 485 g/mol. The number of methoxy groups -OCH3 is 2. The number of halogens is 2. The van der Waals surface area contributed by atoms with Crippen molar-refractivity contribution in [3.63, 3.8) is 0 Å². The van der Waals surface area contributed by atoms with E-state index >= 15 is 0 Å². The molecule has 0 aliphatic rings. The summed E-state index contributed by atoms with van der Waals surface area (Å²) >= 11 is 13.0. The first-order valence-electron chi connectivity index (χ1n) is 9.58. The summed E-state index contributed by atoms with van der Waals surface area (Å²) < 4.78 is 10.7. The van der Waals surface area contributed by atoms with Crippen molar-refractivity contribution in [3.05, 3.63) is 68.4 Å². The standard InChI is InChI=1S/C22H17Cl2N5O4/c1-11-5-4-6-14(29(30)31)20(11)27-22-26-10-13-7-12(9-25-21(13)28-22)17-18(23)15(32-2)8-16(33-3)19(17)24/h4-10H,1-3H3,(H,25,26,27,28). The van der Waals surface area contributed by atoms with Crippen molar-refractivity contribution in [2.75, 3.05) is 19.5 Å². The molecule has 2 heterocycles. The number of nitro groups is 1. The minimum absolute atomic E-state index is 0.0711. The van der Waals surface area contributed by atoms with E-state index in [2.05, 4.69) is 20.3 Å². The third-order valence-electron chi connectivity index (χ3n) is 4.98. The Labute approximate surface area is 198 Å². The Bertz CT molecular complexity index is 1370. The molecule has 0 unspecified atom stereocenters. The van der Waals surface area contributed by atoms with Crippen molar-refractivity contribution < 1.29 is 14.4 Å². The van der Waals surface area contributed by atoms with E-state index in [9.17, 15) is 10.1 Å². The largest absolute Gasteiger partial charge is 0.495 e. The lowest BCUT2D eigenvalue weighted by Crippen LogP contribution is -2.03. The fourth-order valence-electron chi connectivity index (χ4n) is 3.34. The van der Waals surface area contributed by atoms with Gasteiger partial charge >= 0.3 is 0 Å². The first-order chi connectivity index (χ1) is 15.8. The lowest BCUT2D eigenvalue weighted by molar-refractivity contribution is -0.384. The molecular weight excluding hydrogens is 469 g/mol. The highest BCUT2D eigenvalue weighted by molar-refractivity contribution is 6.41. The van der Waals surface area contributed by atoms with Crippen molar-refractivity contribution >= 4 is 51.6 Å². The molecule has 4 aromatic rings. The van der Waals surface area contributed by atoms with Crippen molar-refractivity contribution in [3.8, 4) is 22.6 Å². The van der Waals surface area contributed by atoms with Gasteiger partial charge in [0.1, 0.15) is 17.2 Å². The maximum Gasteiger partial charge on any atom is 0.293 e. The zero-order valence-electron chi connectivity index (χ0n) is 17.7. The summed E-state index contributed by atoms with van der Waals surface area (Å²) in [5.74, 6) is 0.992. The average Bonchev–Trinajstić information content (AvgIpc) is 2.80. The Balaban J connectivity index is 1.76. The van der Waals surface area contributed by atoms with E-state index in [0.29, 0.717) is 55.0 Å². The van der Waals surface area contributed by atoms with E-state index in [1.54, 1.807) is 43.6 Å². The predicted octanol–water partition coefficient (Wildman–Crippen LogP) is 5.98. The second kappa shape index (κ2) is 9.05. The summed E-state index contributed by atoms with van der Waals surface area (Å²) in [6.45, 7) is 1.76. The van der Waals surface area contributed by atoms with Crippen LogP contribution in [0.4, 0.5) is 17.3 Å². The van der Waals surface area contributed by atoms with E-state index in [4.69, 9.17) is 32.7 Å². The van der Waals surface area contributed by atoms with Gasteiger partial charge in [-0.1, -0.05) is 35.3 Å². The molecule has 11 heteroatoms. The fraction of sp³-hybridized carbons (Fsp3) is 0.136. The number of aromatic nitrogens is 3. The van der Waals surface area contributed by atoms with Crippen LogP contribution in [0.25, 0.3) is 22.2 Å². The van der Waals surface area contributed by atoms with Gasteiger partial charge in [-0.15, -0.1) is 0 Å². The minimum Gasteiger partial charge on any atom is -0.495 e. The zero-order chi connectivity index (χ0) is 23.7. The molecule has 0 saturated carbocycles. The van der Waals surface area contributed by atoms with Gasteiger partial charge < -0.3 is 14.8 Å². The molecular formula is C22H17Cl2N5O4. The Hall–Kier alpha value is -3.69. The number of hydrogen-bond acceptors (Lipinski definition) is 8. The third kappa shape index (κ3) is 4.20. The van der Waals surface area contributed by atoms with Crippen LogP contribution in [0.15, 0.2) is 42.7 Å². The smallest absolute Gasteiger partial charge is 0.293 e. The molecule has 2 aromatic heterocycles. The first kappa shape index (κ1) is 22.5. The van der Waals surface area contributed by atoms with Crippen LogP contribution < -0.4 is 14.8 Å². The number of rotatable bonds is 6. The lowest BCUT2D eigenvalue weighted by Gasteiger charge is -2.15. The molecule has 0 bridgehead atoms. The van der Waals surface area contributed by atoms with Crippen LogP contribution in [0.5, 0.6) is 11.5 Å². The molecule has 0 radical (unpaired) electrons. The van der Waals surface area contributed by atoms with Gasteiger partial charge in [-0.3, -0.25) is 10.1 Å². The number of hydrogen-bond donors (Lipinski definition) is 1. The van der Waals surface area contributed by atoms with E-state index in [0.717, 1.165) is 0 Å². The number of nitrogens with one attached hydrogen (secondary N) is 1. The van der Waals surface area contributed by atoms with Gasteiger partial charge in [0.2, 0.25) is 5.95 Å². The minimum atomic E-state index is -0.462. The van der Waals surface area contributed by atoms with Gasteiger partial charge in [0, 0.05) is 41.0 Å².